The molecule has 18 heavy (non-hydrogen) atoms. The summed E-state index contributed by atoms with van der Waals surface area (Å²) in [6.45, 7) is 6.61. The highest BCUT2D eigenvalue weighted by Gasteiger charge is 2.04. The molecule has 0 aliphatic carbocycles. The van der Waals surface area contributed by atoms with Gasteiger partial charge in [0.2, 0.25) is 0 Å². The van der Waals surface area contributed by atoms with E-state index in [0.29, 0.717) is 5.75 Å². The normalized spacial score (nSPS) is 10.8. The second-order valence-electron chi connectivity index (χ2n) is 4.34. The zero-order valence-corrected chi connectivity index (χ0v) is 10.8. The van der Waals surface area contributed by atoms with Crippen LogP contribution < -0.4 is 5.32 Å². The molecule has 0 atom stereocenters. The quantitative estimate of drug-likeness (QED) is 0.849. The highest BCUT2D eigenvalue weighted by Crippen LogP contribution is 2.11. The van der Waals surface area contributed by atoms with Gasteiger partial charge in [-0.1, -0.05) is 12.1 Å². The molecule has 0 radical (unpaired) electrons. The van der Waals surface area contributed by atoms with E-state index in [0.717, 1.165) is 25.2 Å². The number of phenolic OH excluding ortho intramolecular Hbond substituents is 1. The Morgan fingerprint density at radius 2 is 2.17 bits per heavy atom. The van der Waals surface area contributed by atoms with Crippen molar-refractivity contribution in [2.24, 2.45) is 0 Å². The van der Waals surface area contributed by atoms with Crippen LogP contribution in [0.5, 0.6) is 5.75 Å². The average molecular weight is 245 g/mol. The molecule has 0 saturated carbocycles. The van der Waals surface area contributed by atoms with E-state index >= 15 is 0 Å². The van der Waals surface area contributed by atoms with Gasteiger partial charge < -0.3 is 10.4 Å². The Labute approximate surface area is 107 Å². The maximum Gasteiger partial charge on any atom is 0.115 e. The molecular weight excluding hydrogens is 226 g/mol. The van der Waals surface area contributed by atoms with Crippen molar-refractivity contribution >= 4 is 0 Å². The Balaban J connectivity index is 1.90. The van der Waals surface area contributed by atoms with Gasteiger partial charge in [-0.25, -0.2) is 0 Å². The smallest absolute Gasteiger partial charge is 0.115 e. The highest BCUT2D eigenvalue weighted by molar-refractivity contribution is 5.27. The molecule has 0 aliphatic rings. The molecule has 96 valence electrons. The van der Waals surface area contributed by atoms with E-state index in [2.05, 4.69) is 24.3 Å². The first-order valence-corrected chi connectivity index (χ1v) is 6.20. The number of phenols is 1. The van der Waals surface area contributed by atoms with E-state index < -0.39 is 0 Å². The molecule has 0 aliphatic heterocycles. The van der Waals surface area contributed by atoms with Crippen LogP contribution in [0.4, 0.5) is 0 Å². The summed E-state index contributed by atoms with van der Waals surface area (Å²) >= 11 is 0. The number of rotatable bonds is 5. The lowest BCUT2D eigenvalue weighted by molar-refractivity contribution is 0.474. The molecule has 0 spiro atoms. The number of aromatic nitrogens is 2. The fourth-order valence-corrected chi connectivity index (χ4v) is 1.99. The van der Waals surface area contributed by atoms with Crippen LogP contribution in [0.3, 0.4) is 0 Å². The maximum atomic E-state index is 9.37. The largest absolute Gasteiger partial charge is 0.508 e. The third-order valence-electron chi connectivity index (χ3n) is 3.06. The predicted octanol–water partition coefficient (Wildman–Crippen LogP) is 2.21. The van der Waals surface area contributed by atoms with Gasteiger partial charge in [-0.15, -0.1) is 0 Å². The zero-order chi connectivity index (χ0) is 13.0. The van der Waals surface area contributed by atoms with Crippen molar-refractivity contribution in [1.82, 2.24) is 15.1 Å². The third-order valence-corrected chi connectivity index (χ3v) is 3.06. The van der Waals surface area contributed by atoms with Crippen molar-refractivity contribution in [3.63, 3.8) is 0 Å². The summed E-state index contributed by atoms with van der Waals surface area (Å²) < 4.78 is 1.99. The summed E-state index contributed by atoms with van der Waals surface area (Å²) in [6, 6.07) is 7.30. The summed E-state index contributed by atoms with van der Waals surface area (Å²) in [5, 5.41) is 17.0. The Bertz CT molecular complexity index is 520. The van der Waals surface area contributed by atoms with E-state index in [4.69, 9.17) is 0 Å². The Morgan fingerprint density at radius 1 is 1.33 bits per heavy atom. The minimum Gasteiger partial charge on any atom is -0.508 e. The molecule has 0 unspecified atom stereocenters. The number of hydrogen-bond donors (Lipinski definition) is 2. The lowest BCUT2D eigenvalue weighted by Gasteiger charge is -2.05. The van der Waals surface area contributed by atoms with Gasteiger partial charge >= 0.3 is 0 Å². The lowest BCUT2D eigenvalue weighted by Crippen LogP contribution is -2.13. The summed E-state index contributed by atoms with van der Waals surface area (Å²) in [5.74, 6) is 0.310. The second kappa shape index (κ2) is 5.69. The number of benzene rings is 1. The highest BCUT2D eigenvalue weighted by atomic mass is 16.3. The lowest BCUT2D eigenvalue weighted by atomic mass is 10.2. The van der Waals surface area contributed by atoms with Gasteiger partial charge in [0, 0.05) is 30.9 Å². The second-order valence-corrected chi connectivity index (χ2v) is 4.34. The molecule has 0 fully saturated rings. The van der Waals surface area contributed by atoms with Gasteiger partial charge in [0.1, 0.15) is 5.75 Å². The van der Waals surface area contributed by atoms with E-state index in [1.165, 1.54) is 11.3 Å². The first-order valence-electron chi connectivity index (χ1n) is 6.20. The van der Waals surface area contributed by atoms with Crippen LogP contribution in [0, 0.1) is 6.92 Å². The molecule has 1 heterocycles. The first kappa shape index (κ1) is 12.6. The molecule has 2 N–H and O–H groups in total. The maximum absolute atomic E-state index is 9.37. The van der Waals surface area contributed by atoms with E-state index in [1.807, 2.05) is 23.0 Å². The number of aryl methyl sites for hydroxylation is 1. The third kappa shape index (κ3) is 2.90. The number of hydrogen-bond acceptors (Lipinski definition) is 3. The van der Waals surface area contributed by atoms with Crippen LogP contribution in [0.25, 0.3) is 0 Å². The first-order chi connectivity index (χ1) is 8.70. The standard InChI is InChI=1S/C14H19N3O/c1-3-17-11(2)13(10-16-17)9-15-8-12-5-4-6-14(18)7-12/h4-7,10,15,18H,3,8-9H2,1-2H3. The van der Waals surface area contributed by atoms with Gasteiger partial charge in [0.15, 0.2) is 0 Å². The van der Waals surface area contributed by atoms with Crippen LogP contribution in [0.1, 0.15) is 23.7 Å². The summed E-state index contributed by atoms with van der Waals surface area (Å²) in [7, 11) is 0. The number of aromatic hydroxyl groups is 1. The van der Waals surface area contributed by atoms with Gasteiger partial charge in [-0.2, -0.15) is 5.10 Å². The molecular formula is C14H19N3O. The molecule has 4 heteroatoms. The monoisotopic (exact) mass is 245 g/mol. The summed E-state index contributed by atoms with van der Waals surface area (Å²) in [5.41, 5.74) is 3.51. The van der Waals surface area contributed by atoms with Crippen molar-refractivity contribution in [2.75, 3.05) is 0 Å². The van der Waals surface area contributed by atoms with E-state index in [9.17, 15) is 5.11 Å². The fraction of sp³-hybridized carbons (Fsp3) is 0.357. The Hall–Kier alpha value is -1.81. The zero-order valence-electron chi connectivity index (χ0n) is 10.8. The molecule has 2 aromatic rings. The van der Waals surface area contributed by atoms with Crippen molar-refractivity contribution in [1.29, 1.82) is 0 Å². The van der Waals surface area contributed by atoms with Gasteiger partial charge in [0.05, 0.1) is 6.20 Å². The fourth-order valence-electron chi connectivity index (χ4n) is 1.99. The van der Waals surface area contributed by atoms with Crippen molar-refractivity contribution < 1.29 is 5.11 Å². The van der Waals surface area contributed by atoms with E-state index in [-0.39, 0.29) is 0 Å². The number of nitrogens with one attached hydrogen (secondary N) is 1. The molecule has 0 amide bonds. The van der Waals surface area contributed by atoms with Crippen molar-refractivity contribution in [2.45, 2.75) is 33.5 Å². The molecule has 0 saturated heterocycles. The Kier molecular flexibility index (Phi) is 3.99. The molecule has 1 aromatic carbocycles. The SMILES string of the molecule is CCn1ncc(CNCc2cccc(O)c2)c1C. The Morgan fingerprint density at radius 3 is 2.83 bits per heavy atom. The molecule has 4 nitrogen and oxygen atoms in total. The van der Waals surface area contributed by atoms with Crippen LogP contribution >= 0.6 is 0 Å². The summed E-state index contributed by atoms with van der Waals surface area (Å²) in [6.07, 6.45) is 1.91. The topological polar surface area (TPSA) is 50.1 Å². The molecule has 0 bridgehead atoms. The van der Waals surface area contributed by atoms with Crippen LogP contribution in [0.2, 0.25) is 0 Å². The number of nitrogens with zero attached hydrogens (tertiary/aromatic N) is 2. The van der Waals surface area contributed by atoms with Crippen molar-refractivity contribution in [3.05, 3.63) is 47.3 Å². The molecule has 1 aromatic heterocycles. The summed E-state index contributed by atoms with van der Waals surface area (Å²) in [4.78, 5) is 0. The van der Waals surface area contributed by atoms with Gasteiger partial charge in [-0.05, 0) is 31.5 Å². The van der Waals surface area contributed by atoms with Crippen LogP contribution in [-0.2, 0) is 19.6 Å². The van der Waals surface area contributed by atoms with Crippen molar-refractivity contribution in [3.8, 4) is 5.75 Å². The average Bonchev–Trinajstić information content (AvgIpc) is 2.71. The van der Waals surface area contributed by atoms with Crippen LogP contribution in [-0.4, -0.2) is 14.9 Å². The van der Waals surface area contributed by atoms with Gasteiger partial charge in [0.25, 0.3) is 0 Å². The van der Waals surface area contributed by atoms with Crippen LogP contribution in [0.15, 0.2) is 30.5 Å². The molecule has 2 rings (SSSR count). The minimum atomic E-state index is 0.310. The van der Waals surface area contributed by atoms with Gasteiger partial charge in [-0.3, -0.25) is 4.68 Å². The minimum absolute atomic E-state index is 0.310. The van der Waals surface area contributed by atoms with E-state index in [1.54, 1.807) is 12.1 Å². The predicted molar refractivity (Wildman–Crippen MR) is 71.3 cm³/mol.